The van der Waals surface area contributed by atoms with Crippen LogP contribution in [0.1, 0.15) is 15.9 Å². The summed E-state index contributed by atoms with van der Waals surface area (Å²) >= 11 is 5.65. The zero-order valence-electron chi connectivity index (χ0n) is 15.4. The van der Waals surface area contributed by atoms with Crippen molar-refractivity contribution in [1.82, 2.24) is 9.62 Å². The SMILES string of the molecule is C[NH+]1CCN(C(=O)c2ccc(CNS(=O)(=O)c3ccc(F)c(Cl)c3)cc2)CC1. The second-order valence-corrected chi connectivity index (χ2v) is 9.02. The molecule has 0 radical (unpaired) electrons. The maximum absolute atomic E-state index is 13.2. The minimum Gasteiger partial charge on any atom is -0.334 e. The van der Waals surface area contributed by atoms with Crippen molar-refractivity contribution in [3.63, 3.8) is 0 Å². The summed E-state index contributed by atoms with van der Waals surface area (Å²) in [6, 6.07) is 10.1. The molecule has 1 aliphatic rings. The lowest BCUT2D eigenvalue weighted by molar-refractivity contribution is -0.883. The van der Waals surface area contributed by atoms with Gasteiger partial charge in [-0.2, -0.15) is 0 Å². The van der Waals surface area contributed by atoms with E-state index in [2.05, 4.69) is 11.8 Å². The molecule has 0 aromatic heterocycles. The number of hydrogen-bond donors (Lipinski definition) is 2. The van der Waals surface area contributed by atoms with Crippen LogP contribution in [0.5, 0.6) is 0 Å². The van der Waals surface area contributed by atoms with E-state index < -0.39 is 15.8 Å². The van der Waals surface area contributed by atoms with E-state index in [1.54, 1.807) is 24.3 Å². The molecule has 0 unspecified atom stereocenters. The maximum atomic E-state index is 13.2. The lowest BCUT2D eigenvalue weighted by Crippen LogP contribution is -3.12. The van der Waals surface area contributed by atoms with Crippen molar-refractivity contribution >= 4 is 27.5 Å². The van der Waals surface area contributed by atoms with Crippen molar-refractivity contribution in [2.75, 3.05) is 33.2 Å². The van der Waals surface area contributed by atoms with Crippen LogP contribution in [0.15, 0.2) is 47.4 Å². The third-order valence-corrected chi connectivity index (χ3v) is 6.46. The van der Waals surface area contributed by atoms with Gasteiger partial charge in [-0.1, -0.05) is 23.7 Å². The second kappa shape index (κ2) is 8.57. The van der Waals surface area contributed by atoms with Crippen molar-refractivity contribution in [3.05, 3.63) is 64.4 Å². The van der Waals surface area contributed by atoms with E-state index in [4.69, 9.17) is 11.6 Å². The Morgan fingerprint density at radius 3 is 2.43 bits per heavy atom. The van der Waals surface area contributed by atoms with Gasteiger partial charge in [-0.25, -0.2) is 17.5 Å². The number of piperazine rings is 1. The van der Waals surface area contributed by atoms with Crippen LogP contribution >= 0.6 is 11.6 Å². The first-order chi connectivity index (χ1) is 13.3. The Kier molecular flexibility index (Phi) is 6.34. The number of sulfonamides is 1. The number of quaternary nitrogens is 1. The van der Waals surface area contributed by atoms with Crippen LogP contribution in [0.2, 0.25) is 5.02 Å². The summed E-state index contributed by atoms with van der Waals surface area (Å²) in [5.74, 6) is -0.691. The highest BCUT2D eigenvalue weighted by Gasteiger charge is 2.22. The van der Waals surface area contributed by atoms with Gasteiger partial charge in [-0.3, -0.25) is 4.79 Å². The van der Waals surface area contributed by atoms with Gasteiger partial charge in [0.05, 0.1) is 43.1 Å². The molecule has 1 amide bonds. The number of carbonyl (C=O) groups is 1. The number of nitrogens with zero attached hydrogens (tertiary/aromatic N) is 1. The van der Waals surface area contributed by atoms with Crippen LogP contribution < -0.4 is 9.62 Å². The molecular weight excluding hydrogens is 405 g/mol. The van der Waals surface area contributed by atoms with Crippen molar-refractivity contribution < 1.29 is 22.5 Å². The third-order valence-electron chi connectivity index (χ3n) is 4.77. The summed E-state index contributed by atoms with van der Waals surface area (Å²) in [5.41, 5.74) is 1.28. The zero-order chi connectivity index (χ0) is 20.3. The first-order valence-electron chi connectivity index (χ1n) is 8.90. The van der Waals surface area contributed by atoms with Crippen LogP contribution in [-0.4, -0.2) is 52.5 Å². The predicted octanol–water partition coefficient (Wildman–Crippen LogP) is 0.928. The molecule has 2 aromatic rings. The van der Waals surface area contributed by atoms with Gasteiger partial charge in [0.1, 0.15) is 5.82 Å². The summed E-state index contributed by atoms with van der Waals surface area (Å²) in [6.07, 6.45) is 0. The standard InChI is InChI=1S/C19H21ClFN3O3S/c1-23-8-10-24(11-9-23)19(25)15-4-2-14(3-5-15)13-22-28(26,27)16-6-7-18(21)17(20)12-16/h2-7,12,22H,8-11,13H2,1H3/p+1. The highest BCUT2D eigenvalue weighted by atomic mass is 35.5. The van der Waals surface area contributed by atoms with Crippen LogP contribution in [0.4, 0.5) is 4.39 Å². The van der Waals surface area contributed by atoms with Crippen LogP contribution in [0.3, 0.4) is 0 Å². The number of nitrogens with one attached hydrogen (secondary N) is 2. The molecule has 9 heteroatoms. The molecule has 1 saturated heterocycles. The second-order valence-electron chi connectivity index (χ2n) is 6.85. The van der Waals surface area contributed by atoms with E-state index in [0.717, 1.165) is 44.4 Å². The molecule has 2 N–H and O–H groups in total. The van der Waals surface area contributed by atoms with E-state index in [1.807, 2.05) is 4.90 Å². The van der Waals surface area contributed by atoms with Gasteiger partial charge < -0.3 is 9.80 Å². The van der Waals surface area contributed by atoms with E-state index >= 15 is 0 Å². The molecule has 0 spiro atoms. The van der Waals surface area contributed by atoms with Gasteiger partial charge in [0.15, 0.2) is 0 Å². The topological polar surface area (TPSA) is 70.9 Å². The number of carbonyl (C=O) groups excluding carboxylic acids is 1. The van der Waals surface area contributed by atoms with Crippen LogP contribution in [0.25, 0.3) is 0 Å². The minimum atomic E-state index is -3.83. The summed E-state index contributed by atoms with van der Waals surface area (Å²) in [6.45, 7) is 3.36. The van der Waals surface area contributed by atoms with Gasteiger partial charge in [0, 0.05) is 12.1 Å². The van der Waals surface area contributed by atoms with Gasteiger partial charge >= 0.3 is 0 Å². The fourth-order valence-electron chi connectivity index (χ4n) is 2.94. The molecular formula is C19H22ClFN3O3S+. The minimum absolute atomic E-state index is 0.0133. The summed E-state index contributed by atoms with van der Waals surface area (Å²) in [5, 5.41) is -0.253. The van der Waals surface area contributed by atoms with E-state index in [-0.39, 0.29) is 22.4 Å². The van der Waals surface area contributed by atoms with Crippen molar-refractivity contribution in [2.45, 2.75) is 11.4 Å². The molecule has 0 bridgehead atoms. The van der Waals surface area contributed by atoms with Gasteiger partial charge in [0.25, 0.3) is 5.91 Å². The molecule has 1 fully saturated rings. The first kappa shape index (κ1) is 20.7. The number of likely N-dealkylation sites (N-methyl/N-ethyl adjacent to an activating group) is 1. The Bertz CT molecular complexity index is 959. The molecule has 1 heterocycles. The normalized spacial score (nSPS) is 15.6. The Balaban J connectivity index is 1.62. The zero-order valence-corrected chi connectivity index (χ0v) is 17.0. The summed E-state index contributed by atoms with van der Waals surface area (Å²) in [7, 11) is -1.72. The molecule has 3 rings (SSSR count). The Hall–Kier alpha value is -2.00. The quantitative estimate of drug-likeness (QED) is 0.747. The molecule has 0 saturated carbocycles. The van der Waals surface area contributed by atoms with E-state index in [1.165, 1.54) is 4.90 Å². The lowest BCUT2D eigenvalue weighted by atomic mass is 10.1. The number of hydrogen-bond acceptors (Lipinski definition) is 3. The number of rotatable bonds is 5. The Morgan fingerprint density at radius 2 is 1.82 bits per heavy atom. The average molecular weight is 427 g/mol. The van der Waals surface area contributed by atoms with E-state index in [0.29, 0.717) is 11.1 Å². The molecule has 150 valence electrons. The average Bonchev–Trinajstić information content (AvgIpc) is 2.69. The van der Waals surface area contributed by atoms with E-state index in [9.17, 15) is 17.6 Å². The number of amides is 1. The first-order valence-corrected chi connectivity index (χ1v) is 10.8. The van der Waals surface area contributed by atoms with Crippen molar-refractivity contribution in [3.8, 4) is 0 Å². The smallest absolute Gasteiger partial charge is 0.254 e. The monoisotopic (exact) mass is 426 g/mol. The third kappa shape index (κ3) is 4.88. The summed E-state index contributed by atoms with van der Waals surface area (Å²) in [4.78, 5) is 15.7. The molecule has 2 aromatic carbocycles. The van der Waals surface area contributed by atoms with Gasteiger partial charge in [-0.15, -0.1) is 0 Å². The van der Waals surface area contributed by atoms with Crippen LogP contribution in [0, 0.1) is 5.82 Å². The van der Waals surface area contributed by atoms with Crippen molar-refractivity contribution in [2.24, 2.45) is 0 Å². The molecule has 6 nitrogen and oxygen atoms in total. The number of benzene rings is 2. The fourth-order valence-corrected chi connectivity index (χ4v) is 4.23. The molecule has 28 heavy (non-hydrogen) atoms. The lowest BCUT2D eigenvalue weighted by Gasteiger charge is -2.30. The highest BCUT2D eigenvalue weighted by Crippen LogP contribution is 2.19. The van der Waals surface area contributed by atoms with Gasteiger partial charge in [0.2, 0.25) is 10.0 Å². The Labute approximate surface area is 168 Å². The molecule has 0 atom stereocenters. The predicted molar refractivity (Wildman–Crippen MR) is 104 cm³/mol. The molecule has 1 aliphatic heterocycles. The largest absolute Gasteiger partial charge is 0.334 e. The molecule has 0 aliphatic carbocycles. The fraction of sp³-hybridized carbons (Fsp3) is 0.316. The maximum Gasteiger partial charge on any atom is 0.254 e. The number of halogens is 2. The van der Waals surface area contributed by atoms with Crippen molar-refractivity contribution in [1.29, 1.82) is 0 Å². The highest BCUT2D eigenvalue weighted by molar-refractivity contribution is 7.89. The Morgan fingerprint density at radius 1 is 1.18 bits per heavy atom. The van der Waals surface area contributed by atoms with Crippen LogP contribution in [-0.2, 0) is 16.6 Å². The van der Waals surface area contributed by atoms with Gasteiger partial charge in [-0.05, 0) is 35.9 Å². The summed E-state index contributed by atoms with van der Waals surface area (Å²) < 4.78 is 40.3.